The first-order chi connectivity index (χ1) is 13.2. The standard InChI is InChI=1S/C22H34N2O4/c1-6-27-20(25)17-10-7-15(2)19(13-17)23-14-16-8-11-18(12-9-16)24-21(26)28-22(3,4)5/h7,10,13,16,18,23H,6,8-9,11-12,14H2,1-5H3,(H,24,26). The summed E-state index contributed by atoms with van der Waals surface area (Å²) in [4.78, 5) is 23.8. The summed E-state index contributed by atoms with van der Waals surface area (Å²) in [5.74, 6) is 0.251. The molecule has 0 bridgehead atoms. The van der Waals surface area contributed by atoms with Gasteiger partial charge in [0.1, 0.15) is 5.60 Å². The number of rotatable bonds is 6. The first-order valence-electron chi connectivity index (χ1n) is 10.2. The van der Waals surface area contributed by atoms with Crippen LogP contribution >= 0.6 is 0 Å². The van der Waals surface area contributed by atoms with Gasteiger partial charge >= 0.3 is 12.1 Å². The Labute approximate surface area is 168 Å². The average Bonchev–Trinajstić information content (AvgIpc) is 2.61. The molecule has 1 aliphatic carbocycles. The number of esters is 1. The van der Waals surface area contributed by atoms with Gasteiger partial charge in [-0.3, -0.25) is 0 Å². The molecule has 1 aromatic rings. The van der Waals surface area contributed by atoms with Crippen molar-refractivity contribution in [1.29, 1.82) is 0 Å². The van der Waals surface area contributed by atoms with E-state index in [2.05, 4.69) is 10.6 Å². The van der Waals surface area contributed by atoms with E-state index in [1.165, 1.54) is 0 Å². The number of hydrogen-bond acceptors (Lipinski definition) is 5. The second-order valence-electron chi connectivity index (χ2n) is 8.49. The Bertz CT molecular complexity index is 674. The number of nitrogens with one attached hydrogen (secondary N) is 2. The molecule has 0 spiro atoms. The average molecular weight is 391 g/mol. The molecule has 0 heterocycles. The zero-order valence-corrected chi connectivity index (χ0v) is 17.8. The zero-order valence-electron chi connectivity index (χ0n) is 17.8. The number of carbonyl (C=O) groups excluding carboxylic acids is 2. The monoisotopic (exact) mass is 390 g/mol. The van der Waals surface area contributed by atoms with Crippen molar-refractivity contribution >= 4 is 17.7 Å². The molecule has 0 unspecified atom stereocenters. The van der Waals surface area contributed by atoms with Crippen LogP contribution in [0.1, 0.15) is 69.3 Å². The van der Waals surface area contributed by atoms with Gasteiger partial charge in [-0.15, -0.1) is 0 Å². The highest BCUT2D eigenvalue weighted by atomic mass is 16.6. The molecular weight excluding hydrogens is 356 g/mol. The Balaban J connectivity index is 1.80. The zero-order chi connectivity index (χ0) is 20.7. The second kappa shape index (κ2) is 9.80. The summed E-state index contributed by atoms with van der Waals surface area (Å²) in [7, 11) is 0. The van der Waals surface area contributed by atoms with E-state index in [9.17, 15) is 9.59 Å². The van der Waals surface area contributed by atoms with Crippen LogP contribution in [0.5, 0.6) is 0 Å². The van der Waals surface area contributed by atoms with E-state index in [4.69, 9.17) is 9.47 Å². The maximum Gasteiger partial charge on any atom is 0.407 e. The van der Waals surface area contributed by atoms with Gasteiger partial charge in [0.25, 0.3) is 0 Å². The minimum absolute atomic E-state index is 0.181. The van der Waals surface area contributed by atoms with Gasteiger partial charge in [-0.1, -0.05) is 6.07 Å². The van der Waals surface area contributed by atoms with Crippen molar-refractivity contribution in [2.24, 2.45) is 5.92 Å². The number of aryl methyl sites for hydroxylation is 1. The molecule has 1 aliphatic rings. The smallest absolute Gasteiger partial charge is 0.407 e. The molecule has 1 fully saturated rings. The van der Waals surface area contributed by atoms with E-state index in [0.717, 1.165) is 43.5 Å². The summed E-state index contributed by atoms with van der Waals surface area (Å²) in [6.07, 6.45) is 3.66. The molecule has 156 valence electrons. The molecule has 0 atom stereocenters. The molecule has 0 saturated heterocycles. The Morgan fingerprint density at radius 3 is 2.43 bits per heavy atom. The summed E-state index contributed by atoms with van der Waals surface area (Å²) in [6, 6.07) is 5.78. The summed E-state index contributed by atoms with van der Waals surface area (Å²) < 4.78 is 10.4. The Morgan fingerprint density at radius 2 is 1.82 bits per heavy atom. The fourth-order valence-corrected chi connectivity index (χ4v) is 3.39. The van der Waals surface area contributed by atoms with Crippen LogP contribution in [0.25, 0.3) is 0 Å². The van der Waals surface area contributed by atoms with Crippen molar-refractivity contribution in [3.8, 4) is 0 Å². The van der Waals surface area contributed by atoms with Gasteiger partial charge in [0, 0.05) is 18.3 Å². The Kier molecular flexibility index (Phi) is 7.72. The number of alkyl carbamates (subject to hydrolysis) is 1. The maximum absolute atomic E-state index is 11.9. The van der Waals surface area contributed by atoms with E-state index in [0.29, 0.717) is 18.1 Å². The highest BCUT2D eigenvalue weighted by molar-refractivity contribution is 5.90. The predicted molar refractivity (Wildman–Crippen MR) is 111 cm³/mol. The van der Waals surface area contributed by atoms with Crippen LogP contribution in [-0.2, 0) is 9.47 Å². The van der Waals surface area contributed by atoms with Crippen LogP contribution in [0.3, 0.4) is 0 Å². The van der Waals surface area contributed by atoms with Crippen molar-refractivity contribution in [1.82, 2.24) is 5.32 Å². The molecule has 0 radical (unpaired) electrons. The third-order valence-electron chi connectivity index (χ3n) is 4.90. The SMILES string of the molecule is CCOC(=O)c1ccc(C)c(NCC2CCC(NC(=O)OC(C)(C)C)CC2)c1. The van der Waals surface area contributed by atoms with Gasteiger partial charge < -0.3 is 20.1 Å². The number of benzene rings is 1. The maximum atomic E-state index is 11.9. The van der Waals surface area contributed by atoms with E-state index < -0.39 is 5.60 Å². The van der Waals surface area contributed by atoms with E-state index >= 15 is 0 Å². The lowest BCUT2D eigenvalue weighted by Crippen LogP contribution is -2.41. The number of carbonyl (C=O) groups is 2. The molecule has 1 saturated carbocycles. The van der Waals surface area contributed by atoms with Crippen LogP contribution in [0.4, 0.5) is 10.5 Å². The molecule has 0 aromatic heterocycles. The second-order valence-corrected chi connectivity index (χ2v) is 8.49. The molecule has 6 heteroatoms. The summed E-state index contributed by atoms with van der Waals surface area (Å²) in [6.45, 7) is 10.7. The number of anilines is 1. The van der Waals surface area contributed by atoms with E-state index in [1.54, 1.807) is 13.0 Å². The largest absolute Gasteiger partial charge is 0.462 e. The van der Waals surface area contributed by atoms with Crippen molar-refractivity contribution in [3.05, 3.63) is 29.3 Å². The van der Waals surface area contributed by atoms with Gasteiger partial charge in [0.2, 0.25) is 0 Å². The van der Waals surface area contributed by atoms with Crippen LogP contribution in [0.2, 0.25) is 0 Å². The lowest BCUT2D eigenvalue weighted by atomic mass is 9.86. The van der Waals surface area contributed by atoms with E-state index in [1.807, 2.05) is 39.8 Å². The summed E-state index contributed by atoms with van der Waals surface area (Å²) in [5, 5.41) is 6.46. The summed E-state index contributed by atoms with van der Waals surface area (Å²) >= 11 is 0. The normalized spacial score (nSPS) is 19.6. The van der Waals surface area contributed by atoms with Crippen molar-refractivity contribution in [2.75, 3.05) is 18.5 Å². The Hall–Kier alpha value is -2.24. The molecular formula is C22H34N2O4. The quantitative estimate of drug-likeness (QED) is 0.691. The molecule has 2 N–H and O–H groups in total. The van der Waals surface area contributed by atoms with Crippen LogP contribution in [0.15, 0.2) is 18.2 Å². The first-order valence-corrected chi connectivity index (χ1v) is 10.2. The lowest BCUT2D eigenvalue weighted by molar-refractivity contribution is 0.0485. The van der Waals surface area contributed by atoms with Gasteiger partial charge in [0.15, 0.2) is 0 Å². The minimum Gasteiger partial charge on any atom is -0.462 e. The van der Waals surface area contributed by atoms with Crippen molar-refractivity contribution in [3.63, 3.8) is 0 Å². The summed E-state index contributed by atoms with van der Waals surface area (Å²) in [5.41, 5.74) is 2.18. The molecule has 0 aliphatic heterocycles. The number of ether oxygens (including phenoxy) is 2. The highest BCUT2D eigenvalue weighted by Gasteiger charge is 2.24. The van der Waals surface area contributed by atoms with Crippen molar-refractivity contribution < 1.29 is 19.1 Å². The Morgan fingerprint density at radius 1 is 1.14 bits per heavy atom. The molecule has 1 amide bonds. The van der Waals surface area contributed by atoms with Crippen LogP contribution < -0.4 is 10.6 Å². The van der Waals surface area contributed by atoms with Crippen LogP contribution in [-0.4, -0.2) is 36.9 Å². The third kappa shape index (κ3) is 7.06. The first kappa shape index (κ1) is 22.1. The highest BCUT2D eigenvalue weighted by Crippen LogP contribution is 2.26. The number of amides is 1. The predicted octanol–water partition coefficient (Wildman–Crippen LogP) is 4.67. The van der Waals surface area contributed by atoms with Gasteiger partial charge in [-0.05, 0) is 83.9 Å². The molecule has 28 heavy (non-hydrogen) atoms. The fraction of sp³-hybridized carbons (Fsp3) is 0.636. The fourth-order valence-electron chi connectivity index (χ4n) is 3.39. The number of hydrogen-bond donors (Lipinski definition) is 2. The van der Waals surface area contributed by atoms with Gasteiger partial charge in [-0.2, -0.15) is 0 Å². The topological polar surface area (TPSA) is 76.7 Å². The van der Waals surface area contributed by atoms with Gasteiger partial charge in [-0.25, -0.2) is 9.59 Å². The third-order valence-corrected chi connectivity index (χ3v) is 4.90. The molecule has 1 aromatic carbocycles. The minimum atomic E-state index is -0.471. The van der Waals surface area contributed by atoms with Crippen LogP contribution in [0, 0.1) is 12.8 Å². The van der Waals surface area contributed by atoms with Crippen molar-refractivity contribution in [2.45, 2.75) is 71.9 Å². The molecule has 6 nitrogen and oxygen atoms in total. The van der Waals surface area contributed by atoms with E-state index in [-0.39, 0.29) is 18.1 Å². The van der Waals surface area contributed by atoms with Gasteiger partial charge in [0.05, 0.1) is 12.2 Å². The lowest BCUT2D eigenvalue weighted by Gasteiger charge is -2.30. The molecule has 2 rings (SSSR count).